The van der Waals surface area contributed by atoms with Crippen molar-refractivity contribution in [3.8, 4) is 0 Å². The van der Waals surface area contributed by atoms with Gasteiger partial charge in [-0.05, 0) is 84.8 Å². The maximum Gasteiger partial charge on any atom is 0.380 e. The summed E-state index contributed by atoms with van der Waals surface area (Å²) in [5, 5.41) is 11.1. The second-order valence-corrected chi connectivity index (χ2v) is 20.6. The minimum absolute atomic E-state index is 0.185. The number of allylic oxidation sites excluding steroid dienone is 8. The molecule has 55 heavy (non-hydrogen) atoms. The van der Waals surface area contributed by atoms with Gasteiger partial charge in [-0.1, -0.05) is 30.3 Å². The first-order chi connectivity index (χ1) is 25.1. The normalized spacial score (nSPS) is 37.3. The van der Waals surface area contributed by atoms with E-state index in [2.05, 4.69) is 0 Å². The molecule has 1 aromatic carbocycles. The number of carboxylic acid groups (broad SMARTS) is 1. The number of benzene rings is 1. The van der Waals surface area contributed by atoms with Crippen molar-refractivity contribution in [2.75, 3.05) is 0 Å². The minimum atomic E-state index is -5.84. The fourth-order valence-corrected chi connectivity index (χ4v) is 14.7. The first-order valence-electron chi connectivity index (χ1n) is 16.3. The summed E-state index contributed by atoms with van der Waals surface area (Å²) in [6.45, 7) is 5.77. The summed E-state index contributed by atoms with van der Waals surface area (Å²) in [6, 6.07) is 5.90. The number of hydrogen-bond donors (Lipinski definition) is 1. The van der Waals surface area contributed by atoms with E-state index in [0.717, 1.165) is 53.5 Å². The third-order valence-electron chi connectivity index (χ3n) is 12.3. The van der Waals surface area contributed by atoms with Crippen molar-refractivity contribution in [1.29, 1.82) is 0 Å². The number of alkyl halides is 12. The first-order valence-corrected chi connectivity index (χ1v) is 19.6. The van der Waals surface area contributed by atoms with Crippen LogP contribution in [0.3, 0.4) is 0 Å². The summed E-state index contributed by atoms with van der Waals surface area (Å²) < 4.78 is 177. The monoisotopic (exact) mass is 854 g/mol. The van der Waals surface area contributed by atoms with Gasteiger partial charge in [0.05, 0.1) is 23.9 Å². The van der Waals surface area contributed by atoms with E-state index in [9.17, 15) is 27.5 Å². The third kappa shape index (κ3) is 3.85. The van der Waals surface area contributed by atoms with Crippen molar-refractivity contribution >= 4 is 62.8 Å². The number of halogens is 12. The zero-order valence-corrected chi connectivity index (χ0v) is 31.5. The van der Waals surface area contributed by atoms with E-state index in [4.69, 9.17) is 0 Å². The van der Waals surface area contributed by atoms with Crippen molar-refractivity contribution in [2.24, 2.45) is 0 Å². The fourth-order valence-electron chi connectivity index (χ4n) is 8.92. The molecule has 9 rings (SSSR count). The highest BCUT2D eigenvalue weighted by Gasteiger charge is 2.85. The number of carboxylic acids is 1. The molecule has 4 atom stereocenters. The Kier molecular flexibility index (Phi) is 7.02. The Bertz CT molecular complexity index is 2380. The predicted octanol–water partition coefficient (Wildman–Crippen LogP) is 11.9. The highest BCUT2D eigenvalue weighted by molar-refractivity contribution is 8.13. The average molecular weight is 855 g/mol. The Morgan fingerprint density at radius 2 is 0.855 bits per heavy atom. The van der Waals surface area contributed by atoms with Gasteiger partial charge in [-0.3, -0.25) is 0 Å². The molecule has 0 amide bonds. The summed E-state index contributed by atoms with van der Waals surface area (Å²) in [7, 11) is 0. The molecule has 2 fully saturated rings. The molecule has 0 saturated heterocycles. The van der Waals surface area contributed by atoms with Gasteiger partial charge in [0.25, 0.3) is 0 Å². The smallest absolute Gasteiger partial charge is 0.380 e. The molecule has 18 heteroatoms. The van der Waals surface area contributed by atoms with Crippen LogP contribution < -0.4 is 0 Å². The number of hydrogen-bond acceptors (Lipinski definition) is 5. The van der Waals surface area contributed by atoms with Crippen molar-refractivity contribution in [1.82, 2.24) is 0 Å². The fraction of sp³-hybridized carbons (Fsp3) is 0.378. The van der Waals surface area contributed by atoms with Gasteiger partial charge < -0.3 is 5.11 Å². The third-order valence-corrected chi connectivity index (χ3v) is 18.7. The minimum Gasteiger partial charge on any atom is -0.477 e. The molecule has 8 aliphatic rings. The van der Waals surface area contributed by atoms with Gasteiger partial charge in [-0.2, -0.15) is 52.7 Å². The molecule has 0 spiro atoms. The molecule has 4 aliphatic heterocycles. The second-order valence-electron chi connectivity index (χ2n) is 14.9. The molecular weight excluding hydrogens is 833 g/mol. The maximum atomic E-state index is 15.6. The Morgan fingerprint density at radius 3 is 1.25 bits per heavy atom. The topological polar surface area (TPSA) is 37.3 Å². The van der Waals surface area contributed by atoms with Gasteiger partial charge in [0.15, 0.2) is 0 Å². The zero-order chi connectivity index (χ0) is 40.3. The summed E-state index contributed by atoms with van der Waals surface area (Å²) in [4.78, 5) is 12.0. The van der Waals surface area contributed by atoms with Crippen LogP contribution in [-0.2, 0) is 4.79 Å². The number of aliphatic carboxylic acids is 1. The van der Waals surface area contributed by atoms with Gasteiger partial charge in [0, 0.05) is 32.1 Å². The second kappa shape index (κ2) is 10.2. The molecule has 2 nitrogen and oxygen atoms in total. The Hall–Kier alpha value is -2.83. The quantitative estimate of drug-likeness (QED) is 0.305. The lowest BCUT2D eigenvalue weighted by Crippen LogP contribution is -2.49. The van der Waals surface area contributed by atoms with E-state index in [0.29, 0.717) is 22.9 Å². The molecule has 0 aromatic heterocycles. The molecule has 290 valence electrons. The summed E-state index contributed by atoms with van der Waals surface area (Å²) in [5.74, 6) is -34.2. The Morgan fingerprint density at radius 1 is 0.509 bits per heavy atom. The van der Waals surface area contributed by atoms with E-state index in [1.165, 1.54) is 63.4 Å². The van der Waals surface area contributed by atoms with Crippen LogP contribution in [0.1, 0.15) is 38.8 Å². The highest BCUT2D eigenvalue weighted by Crippen LogP contribution is 2.76. The van der Waals surface area contributed by atoms with Crippen LogP contribution >= 0.6 is 47.0 Å². The summed E-state index contributed by atoms with van der Waals surface area (Å²) >= 11 is 3.54. The van der Waals surface area contributed by atoms with Crippen molar-refractivity contribution < 1.29 is 62.6 Å². The molecule has 0 unspecified atom stereocenters. The Balaban J connectivity index is 1.15. The zero-order valence-electron chi connectivity index (χ0n) is 28.2. The van der Waals surface area contributed by atoms with Gasteiger partial charge in [-0.25, -0.2) is 4.79 Å². The predicted molar refractivity (Wildman–Crippen MR) is 189 cm³/mol. The standard InChI is InChI=1S/C37H22F12O2S4/c1-28-16(9-10-52-28)23-24(33(40,41)36(46,47)32(23,38)39)17-11-20(53-29(17,28)2)14-5-7-15(8-6-14)21-12-18-25-26(35(44,45)37(48,49)34(25,42)43)19-13-22(27(50)51)55-31(19,4)30(18,3)54-21/h5-13H,1-4H3,(H,50,51)/t28-,29-,30+,31+/m0/s1. The molecule has 4 heterocycles. The molecular formula is C37H22F12O2S4. The van der Waals surface area contributed by atoms with Crippen molar-refractivity contribution in [3.63, 3.8) is 0 Å². The van der Waals surface area contributed by atoms with E-state index in [1.807, 2.05) is 0 Å². The molecule has 1 aromatic rings. The number of carbonyl (C=O) groups is 1. The molecule has 1 N–H and O–H groups in total. The number of fused-ring (bicyclic) bond motifs is 8. The van der Waals surface area contributed by atoms with Crippen LogP contribution in [0.15, 0.2) is 103 Å². The maximum absolute atomic E-state index is 15.6. The lowest BCUT2D eigenvalue weighted by atomic mass is 9.71. The van der Waals surface area contributed by atoms with Crippen LogP contribution in [0, 0.1) is 0 Å². The number of rotatable bonds is 3. The lowest BCUT2D eigenvalue weighted by Gasteiger charge is -2.47. The van der Waals surface area contributed by atoms with Crippen molar-refractivity contribution in [3.05, 3.63) is 115 Å². The van der Waals surface area contributed by atoms with Crippen LogP contribution in [-0.4, -0.2) is 65.6 Å². The number of thioether (sulfide) groups is 4. The van der Waals surface area contributed by atoms with E-state index < -0.39 is 98.8 Å². The SMILES string of the molecule is C[C@]12SC=CC1=C1C(=C3C=C(c4ccc(C5=CC6=C7C(=C8C=C(C(=O)O)S[C@@]8(C)[C@]6(C)S5)C(F)(F)C(F)(F)C7(F)F)cc4)S[C@@]32C)C(F)(F)C(F)(F)C1(F)F. The molecule has 4 aliphatic carbocycles. The van der Waals surface area contributed by atoms with E-state index >= 15 is 35.1 Å². The largest absolute Gasteiger partial charge is 0.477 e. The van der Waals surface area contributed by atoms with E-state index in [1.54, 1.807) is 0 Å². The molecule has 2 saturated carbocycles. The van der Waals surface area contributed by atoms with Crippen LogP contribution in [0.25, 0.3) is 9.81 Å². The van der Waals surface area contributed by atoms with Gasteiger partial charge in [0.2, 0.25) is 0 Å². The Labute approximate surface area is 321 Å². The molecule has 0 bridgehead atoms. The highest BCUT2D eigenvalue weighted by atomic mass is 32.2. The van der Waals surface area contributed by atoms with Gasteiger partial charge in [-0.15, -0.1) is 47.0 Å². The summed E-state index contributed by atoms with van der Waals surface area (Å²) in [6.07, 6.45) is 4.21. The van der Waals surface area contributed by atoms with E-state index in [-0.39, 0.29) is 21.0 Å². The van der Waals surface area contributed by atoms with Crippen molar-refractivity contribution in [2.45, 2.75) is 82.2 Å². The van der Waals surface area contributed by atoms with Gasteiger partial charge in [0.1, 0.15) is 0 Å². The lowest BCUT2D eigenvalue weighted by molar-refractivity contribution is -0.258. The molecule has 0 radical (unpaired) electrons. The average Bonchev–Trinajstić information content (AvgIpc) is 3.87. The van der Waals surface area contributed by atoms with Crippen LogP contribution in [0.5, 0.6) is 0 Å². The van der Waals surface area contributed by atoms with Crippen LogP contribution in [0.4, 0.5) is 52.7 Å². The van der Waals surface area contributed by atoms with Crippen LogP contribution in [0.2, 0.25) is 0 Å². The van der Waals surface area contributed by atoms with Gasteiger partial charge >= 0.3 is 41.5 Å². The first kappa shape index (κ1) is 37.7. The summed E-state index contributed by atoms with van der Waals surface area (Å²) in [5.41, 5.74) is -7.23.